The summed E-state index contributed by atoms with van der Waals surface area (Å²) < 4.78 is 6.91. The van der Waals surface area contributed by atoms with Gasteiger partial charge in [0.05, 0.1) is 19.0 Å². The van der Waals surface area contributed by atoms with Crippen molar-refractivity contribution in [1.29, 1.82) is 0 Å². The lowest BCUT2D eigenvalue weighted by Gasteiger charge is -2.23. The van der Waals surface area contributed by atoms with E-state index in [0.717, 1.165) is 43.7 Å². The molecule has 2 atom stereocenters. The number of nitrogens with zero attached hydrogens (tertiary/aromatic N) is 6. The molecule has 2 fully saturated rings. The van der Waals surface area contributed by atoms with Gasteiger partial charge in [-0.2, -0.15) is 9.67 Å². The molecule has 29 heavy (non-hydrogen) atoms. The summed E-state index contributed by atoms with van der Waals surface area (Å²) in [6.45, 7) is 0.894. The van der Waals surface area contributed by atoms with Crippen LogP contribution >= 0.6 is 0 Å². The van der Waals surface area contributed by atoms with Crippen molar-refractivity contribution in [3.8, 4) is 11.4 Å². The molecular weight excluding hydrogens is 370 g/mol. The van der Waals surface area contributed by atoms with Crippen LogP contribution in [-0.4, -0.2) is 61.5 Å². The van der Waals surface area contributed by atoms with Crippen molar-refractivity contribution >= 4 is 23.0 Å². The van der Waals surface area contributed by atoms with E-state index in [1.165, 1.54) is 0 Å². The Morgan fingerprint density at radius 1 is 1.21 bits per heavy atom. The first kappa shape index (κ1) is 17.8. The number of hydrogen-bond acceptors (Lipinski definition) is 7. The quantitative estimate of drug-likeness (QED) is 0.709. The minimum Gasteiger partial charge on any atom is -0.497 e. The summed E-state index contributed by atoms with van der Waals surface area (Å²) >= 11 is 0. The summed E-state index contributed by atoms with van der Waals surface area (Å²) in [4.78, 5) is 23.1. The number of likely N-dealkylation sites (tertiary alicyclic amines) is 1. The van der Waals surface area contributed by atoms with Crippen molar-refractivity contribution in [2.75, 3.05) is 19.0 Å². The topological polar surface area (TPSA) is 98.1 Å². The Morgan fingerprint density at radius 3 is 2.83 bits per heavy atom. The highest BCUT2D eigenvalue weighted by Crippen LogP contribution is 2.29. The predicted octanol–water partition coefficient (Wildman–Crippen LogP) is 2.17. The van der Waals surface area contributed by atoms with Gasteiger partial charge in [0.25, 0.3) is 0 Å². The number of amides is 1. The molecule has 2 aliphatic rings. The number of rotatable bonds is 5. The van der Waals surface area contributed by atoms with Crippen molar-refractivity contribution in [1.82, 2.24) is 29.9 Å². The maximum absolute atomic E-state index is 12.0. The Hall–Kier alpha value is -3.23. The van der Waals surface area contributed by atoms with Gasteiger partial charge in [0.15, 0.2) is 11.2 Å². The fourth-order valence-electron chi connectivity index (χ4n) is 4.30. The lowest BCUT2D eigenvalue weighted by atomic mass is 10.2. The van der Waals surface area contributed by atoms with Crippen LogP contribution in [0.2, 0.25) is 0 Å². The number of nitrogens with one attached hydrogen (secondary N) is 1. The zero-order chi connectivity index (χ0) is 19.8. The molecule has 5 rings (SSSR count). The molecular formula is C20H23N7O2. The van der Waals surface area contributed by atoms with E-state index in [-0.39, 0.29) is 6.04 Å². The second-order valence-corrected chi connectivity index (χ2v) is 7.60. The highest BCUT2D eigenvalue weighted by molar-refractivity contribution is 5.78. The van der Waals surface area contributed by atoms with Crippen LogP contribution in [0.25, 0.3) is 16.9 Å². The van der Waals surface area contributed by atoms with Gasteiger partial charge in [-0.3, -0.25) is 4.79 Å². The van der Waals surface area contributed by atoms with Gasteiger partial charge in [-0.1, -0.05) is 5.21 Å². The van der Waals surface area contributed by atoms with E-state index in [0.29, 0.717) is 35.5 Å². The van der Waals surface area contributed by atoms with E-state index in [1.54, 1.807) is 18.0 Å². The van der Waals surface area contributed by atoms with Gasteiger partial charge in [-0.25, -0.2) is 4.98 Å². The van der Waals surface area contributed by atoms with Crippen LogP contribution in [0.15, 0.2) is 30.5 Å². The second kappa shape index (κ2) is 7.31. The molecule has 2 aromatic heterocycles. The van der Waals surface area contributed by atoms with Crippen LogP contribution < -0.4 is 10.1 Å². The second-order valence-electron chi connectivity index (χ2n) is 7.60. The normalized spacial score (nSPS) is 21.8. The minimum atomic E-state index is 0.260. The third-order valence-electron chi connectivity index (χ3n) is 5.80. The summed E-state index contributed by atoms with van der Waals surface area (Å²) in [6.07, 6.45) is 6.33. The van der Waals surface area contributed by atoms with Gasteiger partial charge in [0, 0.05) is 25.0 Å². The van der Waals surface area contributed by atoms with E-state index in [4.69, 9.17) is 4.74 Å². The molecule has 1 amide bonds. The van der Waals surface area contributed by atoms with E-state index in [1.807, 2.05) is 24.3 Å². The molecule has 0 spiro atoms. The van der Waals surface area contributed by atoms with E-state index in [9.17, 15) is 4.79 Å². The van der Waals surface area contributed by atoms with Crippen LogP contribution in [-0.2, 0) is 4.79 Å². The highest BCUT2D eigenvalue weighted by atomic mass is 16.5. The average Bonchev–Trinajstić information content (AvgIpc) is 3.47. The van der Waals surface area contributed by atoms with Gasteiger partial charge in [0.1, 0.15) is 5.75 Å². The van der Waals surface area contributed by atoms with E-state index < -0.39 is 0 Å². The first-order valence-electron chi connectivity index (χ1n) is 10.00. The number of methoxy groups -OCH3 is 1. The summed E-state index contributed by atoms with van der Waals surface area (Å²) in [5.74, 6) is 1.64. The number of carbonyl (C=O) groups excluding carboxylic acids is 1. The van der Waals surface area contributed by atoms with Crippen molar-refractivity contribution in [3.63, 3.8) is 0 Å². The molecule has 1 saturated heterocycles. The molecule has 0 bridgehead atoms. The lowest BCUT2D eigenvalue weighted by Crippen LogP contribution is -2.35. The van der Waals surface area contributed by atoms with Gasteiger partial charge in [-0.15, -0.1) is 5.10 Å². The zero-order valence-corrected chi connectivity index (χ0v) is 16.3. The van der Waals surface area contributed by atoms with Crippen LogP contribution in [0, 0.1) is 0 Å². The summed E-state index contributed by atoms with van der Waals surface area (Å²) in [7, 11) is 1.64. The monoisotopic (exact) mass is 393 g/mol. The molecule has 1 saturated carbocycles. The number of ether oxygens (including phenoxy) is 1. The molecule has 1 aromatic carbocycles. The van der Waals surface area contributed by atoms with Crippen LogP contribution in [0.3, 0.4) is 0 Å². The van der Waals surface area contributed by atoms with Crippen LogP contribution in [0.4, 0.5) is 5.95 Å². The molecule has 150 valence electrons. The Morgan fingerprint density at radius 2 is 2.07 bits per heavy atom. The zero-order valence-electron chi connectivity index (χ0n) is 16.3. The Labute approximate surface area is 168 Å². The first-order chi connectivity index (χ1) is 14.2. The maximum atomic E-state index is 12.0. The lowest BCUT2D eigenvalue weighted by molar-refractivity contribution is -0.129. The van der Waals surface area contributed by atoms with Crippen molar-refractivity contribution in [3.05, 3.63) is 30.5 Å². The Bertz CT molecular complexity index is 1030. The molecule has 1 aliphatic carbocycles. The Balaban J connectivity index is 1.34. The summed E-state index contributed by atoms with van der Waals surface area (Å²) in [6, 6.07) is 8.17. The molecule has 1 aliphatic heterocycles. The number of anilines is 1. The smallest absolute Gasteiger partial charge is 0.225 e. The molecule has 3 aromatic rings. The van der Waals surface area contributed by atoms with Gasteiger partial charge in [-0.05, 0) is 49.9 Å². The van der Waals surface area contributed by atoms with Gasteiger partial charge < -0.3 is 15.0 Å². The summed E-state index contributed by atoms with van der Waals surface area (Å²) in [5, 5.41) is 11.8. The molecule has 1 unspecified atom stereocenters. The largest absolute Gasteiger partial charge is 0.497 e. The van der Waals surface area contributed by atoms with Crippen LogP contribution in [0.1, 0.15) is 32.1 Å². The highest BCUT2D eigenvalue weighted by Gasteiger charge is 2.34. The number of benzene rings is 1. The third-order valence-corrected chi connectivity index (χ3v) is 5.80. The van der Waals surface area contributed by atoms with E-state index in [2.05, 4.69) is 30.5 Å². The molecule has 1 N–H and O–H groups in total. The number of carbonyl (C=O) groups is 1. The molecule has 9 heteroatoms. The average molecular weight is 393 g/mol. The van der Waals surface area contributed by atoms with Crippen LogP contribution in [0.5, 0.6) is 5.75 Å². The SMILES string of the molecule is COc1ccc(-n2nnc3cnc(NC4CC[C@@H](N5CCCC5=O)C4)nc32)cc1. The summed E-state index contributed by atoms with van der Waals surface area (Å²) in [5.41, 5.74) is 2.14. The van der Waals surface area contributed by atoms with Gasteiger partial charge in [0.2, 0.25) is 11.9 Å². The Kier molecular flexibility index (Phi) is 4.49. The molecule has 3 heterocycles. The minimum absolute atomic E-state index is 0.260. The fourth-order valence-corrected chi connectivity index (χ4v) is 4.30. The number of aromatic nitrogens is 5. The number of fused-ring (bicyclic) bond motifs is 1. The van der Waals surface area contributed by atoms with E-state index >= 15 is 0 Å². The van der Waals surface area contributed by atoms with Gasteiger partial charge >= 0.3 is 0 Å². The third kappa shape index (κ3) is 3.37. The first-order valence-corrected chi connectivity index (χ1v) is 10.00. The maximum Gasteiger partial charge on any atom is 0.225 e. The van der Waals surface area contributed by atoms with Crippen molar-refractivity contribution in [2.24, 2.45) is 0 Å². The van der Waals surface area contributed by atoms with Crippen molar-refractivity contribution < 1.29 is 9.53 Å². The molecule has 0 radical (unpaired) electrons. The standard InChI is InChI=1S/C20H23N7O2/c1-29-16-8-6-14(7-9-16)27-19-17(24-25-27)12-21-20(23-19)22-13-4-5-15(11-13)26-10-2-3-18(26)28/h6-9,12-13,15H,2-5,10-11H2,1H3,(H,21,22,23)/t13?,15-/m1/s1. The molecule has 9 nitrogen and oxygen atoms in total. The van der Waals surface area contributed by atoms with Crippen molar-refractivity contribution in [2.45, 2.75) is 44.2 Å². The number of hydrogen-bond donors (Lipinski definition) is 1. The fraction of sp³-hybridized carbons (Fsp3) is 0.450. The predicted molar refractivity (Wildman–Crippen MR) is 107 cm³/mol.